The molecule has 1 N–H and O–H groups in total. The fourth-order valence-electron chi connectivity index (χ4n) is 3.05. The van der Waals surface area contributed by atoms with Crippen LogP contribution in [0.3, 0.4) is 0 Å². The number of esters is 1. The molecule has 0 amide bonds. The Morgan fingerprint density at radius 3 is 2.79 bits per heavy atom. The zero-order valence-electron chi connectivity index (χ0n) is 16.5. The van der Waals surface area contributed by atoms with Crippen LogP contribution in [-0.2, 0) is 17.8 Å². The quantitative estimate of drug-likeness (QED) is 0.600. The highest BCUT2D eigenvalue weighted by molar-refractivity contribution is 7.18. The first-order valence-corrected chi connectivity index (χ1v) is 10.1. The summed E-state index contributed by atoms with van der Waals surface area (Å²) >= 11 is 1.50. The molecule has 1 atom stereocenters. The fourth-order valence-corrected chi connectivity index (χ4v) is 4.12. The second kappa shape index (κ2) is 8.56. The number of carbonyl (C=O) groups excluding carboxylic acids is 1. The van der Waals surface area contributed by atoms with E-state index in [9.17, 15) is 9.59 Å². The van der Waals surface area contributed by atoms with Crippen LogP contribution in [0.15, 0.2) is 29.1 Å². The predicted molar refractivity (Wildman–Crippen MR) is 110 cm³/mol. The Hall–Kier alpha value is -2.67. The van der Waals surface area contributed by atoms with E-state index < -0.39 is 5.97 Å². The lowest BCUT2D eigenvalue weighted by molar-refractivity contribution is 0.0458. The van der Waals surface area contributed by atoms with E-state index in [4.69, 9.17) is 9.47 Å². The molecule has 0 saturated heterocycles. The van der Waals surface area contributed by atoms with Gasteiger partial charge in [-0.05, 0) is 37.0 Å². The number of nitrogens with one attached hydrogen (secondary N) is 1. The molecule has 3 aromatic rings. The number of methoxy groups -OCH3 is 1. The number of para-hydroxylation sites is 1. The number of aromatic amines is 1. The third-order valence-electron chi connectivity index (χ3n) is 4.83. The number of carbonyl (C=O) groups is 1. The first-order chi connectivity index (χ1) is 13.4. The third-order valence-corrected chi connectivity index (χ3v) is 5.87. The number of ether oxygens (including phenoxy) is 2. The summed E-state index contributed by atoms with van der Waals surface area (Å²) in [5, 5.41) is 0.655. The molecule has 0 saturated carbocycles. The molecule has 6 nitrogen and oxygen atoms in total. The van der Waals surface area contributed by atoms with Crippen LogP contribution in [-0.4, -0.2) is 23.0 Å². The molecule has 0 fully saturated rings. The summed E-state index contributed by atoms with van der Waals surface area (Å²) in [5.41, 5.74) is 1.22. The van der Waals surface area contributed by atoms with E-state index in [0.29, 0.717) is 33.3 Å². The van der Waals surface area contributed by atoms with E-state index in [-0.39, 0.29) is 12.2 Å². The third kappa shape index (κ3) is 4.09. The lowest BCUT2D eigenvalue weighted by Gasteiger charge is -2.09. The molecule has 148 valence electrons. The molecule has 0 spiro atoms. The van der Waals surface area contributed by atoms with Crippen molar-refractivity contribution in [2.45, 2.75) is 40.2 Å². The second-order valence-electron chi connectivity index (χ2n) is 6.82. The average Bonchev–Trinajstić information content (AvgIpc) is 3.01. The number of rotatable bonds is 7. The van der Waals surface area contributed by atoms with Gasteiger partial charge in [-0.3, -0.25) is 4.79 Å². The van der Waals surface area contributed by atoms with Crippen molar-refractivity contribution in [1.82, 2.24) is 9.97 Å². The molecule has 1 aromatic carbocycles. The van der Waals surface area contributed by atoms with E-state index in [2.05, 4.69) is 23.8 Å². The number of hydrogen-bond donors (Lipinski definition) is 1. The summed E-state index contributed by atoms with van der Waals surface area (Å²) in [5.74, 6) is 0.738. The van der Waals surface area contributed by atoms with Gasteiger partial charge < -0.3 is 14.5 Å². The number of H-pyrrole nitrogens is 1. The van der Waals surface area contributed by atoms with Crippen molar-refractivity contribution in [3.63, 3.8) is 0 Å². The number of thiophene rings is 1. The smallest absolute Gasteiger partial charge is 0.342 e. The number of benzene rings is 1. The SMILES string of the molecule is CC[C@H](C)Cc1c(C)sc2nc(COC(=O)c3ccccc3OC)[nH]c(=O)c12. The van der Waals surface area contributed by atoms with Crippen LogP contribution < -0.4 is 10.3 Å². The van der Waals surface area contributed by atoms with Crippen molar-refractivity contribution >= 4 is 27.5 Å². The Bertz CT molecular complexity index is 1050. The molecule has 7 heteroatoms. The van der Waals surface area contributed by atoms with E-state index >= 15 is 0 Å². The number of fused-ring (bicyclic) bond motifs is 1. The van der Waals surface area contributed by atoms with Crippen molar-refractivity contribution in [2.75, 3.05) is 7.11 Å². The lowest BCUT2D eigenvalue weighted by Crippen LogP contribution is -2.15. The molecule has 0 aliphatic rings. The van der Waals surface area contributed by atoms with E-state index in [1.807, 2.05) is 6.92 Å². The summed E-state index contributed by atoms with van der Waals surface area (Å²) in [4.78, 5) is 34.1. The minimum Gasteiger partial charge on any atom is -0.496 e. The van der Waals surface area contributed by atoms with Crippen LogP contribution in [0.5, 0.6) is 5.75 Å². The Morgan fingerprint density at radius 1 is 1.32 bits per heavy atom. The maximum Gasteiger partial charge on any atom is 0.342 e. The van der Waals surface area contributed by atoms with Crippen molar-refractivity contribution in [1.29, 1.82) is 0 Å². The molecular weight excluding hydrogens is 376 g/mol. The Kier molecular flexibility index (Phi) is 6.14. The summed E-state index contributed by atoms with van der Waals surface area (Å²) in [7, 11) is 1.50. The minimum atomic E-state index is -0.528. The monoisotopic (exact) mass is 400 g/mol. The Labute approximate surface area is 167 Å². The van der Waals surface area contributed by atoms with Gasteiger partial charge in [0.25, 0.3) is 5.56 Å². The van der Waals surface area contributed by atoms with Gasteiger partial charge in [-0.2, -0.15) is 0 Å². The normalized spacial score (nSPS) is 12.1. The number of nitrogens with zero attached hydrogens (tertiary/aromatic N) is 1. The number of hydrogen-bond acceptors (Lipinski definition) is 6. The van der Waals surface area contributed by atoms with Crippen LogP contribution in [0.2, 0.25) is 0 Å². The Morgan fingerprint density at radius 2 is 2.07 bits per heavy atom. The van der Waals surface area contributed by atoms with E-state index in [0.717, 1.165) is 23.3 Å². The Balaban J connectivity index is 1.83. The molecule has 0 bridgehead atoms. The first kappa shape index (κ1) is 20.1. The fraction of sp³-hybridized carbons (Fsp3) is 0.381. The maximum atomic E-state index is 12.7. The molecule has 0 aliphatic heterocycles. The van der Waals surface area contributed by atoms with E-state index in [1.165, 1.54) is 18.4 Å². The average molecular weight is 401 g/mol. The van der Waals surface area contributed by atoms with Gasteiger partial charge in [0.15, 0.2) is 0 Å². The molecule has 2 heterocycles. The van der Waals surface area contributed by atoms with Gasteiger partial charge in [-0.15, -0.1) is 11.3 Å². The van der Waals surface area contributed by atoms with Gasteiger partial charge >= 0.3 is 5.97 Å². The molecule has 0 aliphatic carbocycles. The van der Waals surface area contributed by atoms with Gasteiger partial charge in [-0.25, -0.2) is 9.78 Å². The van der Waals surface area contributed by atoms with Gasteiger partial charge in [0.05, 0.1) is 12.5 Å². The van der Waals surface area contributed by atoms with Gasteiger partial charge in [0, 0.05) is 4.88 Å². The van der Waals surface area contributed by atoms with Crippen LogP contribution in [0.4, 0.5) is 0 Å². The number of aromatic nitrogens is 2. The highest BCUT2D eigenvalue weighted by Crippen LogP contribution is 2.29. The zero-order chi connectivity index (χ0) is 20.3. The molecule has 0 unspecified atom stereocenters. The molecule has 3 rings (SSSR count). The molecular formula is C21H24N2O4S. The van der Waals surface area contributed by atoms with Crippen molar-refractivity contribution < 1.29 is 14.3 Å². The van der Waals surface area contributed by atoms with Crippen LogP contribution >= 0.6 is 11.3 Å². The standard InChI is InChI=1S/C21H24N2O4S/c1-5-12(2)10-15-13(3)28-20-18(15)19(24)22-17(23-20)11-27-21(25)14-8-6-7-9-16(14)26-4/h6-9,12H,5,10-11H2,1-4H3,(H,22,23,24)/t12-/m0/s1. The van der Waals surface area contributed by atoms with Crippen LogP contribution in [0, 0.1) is 12.8 Å². The van der Waals surface area contributed by atoms with Gasteiger partial charge in [-0.1, -0.05) is 32.4 Å². The topological polar surface area (TPSA) is 81.3 Å². The lowest BCUT2D eigenvalue weighted by atomic mass is 9.98. The second-order valence-corrected chi connectivity index (χ2v) is 8.03. The highest BCUT2D eigenvalue weighted by Gasteiger charge is 2.18. The summed E-state index contributed by atoms with van der Waals surface area (Å²) in [6, 6.07) is 6.83. The van der Waals surface area contributed by atoms with Crippen LogP contribution in [0.1, 0.15) is 46.9 Å². The van der Waals surface area contributed by atoms with Crippen molar-refractivity contribution in [3.8, 4) is 5.75 Å². The molecule has 0 radical (unpaired) electrons. The van der Waals surface area contributed by atoms with Crippen LogP contribution in [0.25, 0.3) is 10.2 Å². The first-order valence-electron chi connectivity index (χ1n) is 9.25. The highest BCUT2D eigenvalue weighted by atomic mass is 32.1. The minimum absolute atomic E-state index is 0.111. The van der Waals surface area contributed by atoms with Crippen molar-refractivity contribution in [2.24, 2.45) is 5.92 Å². The zero-order valence-corrected chi connectivity index (χ0v) is 17.3. The summed E-state index contributed by atoms with van der Waals surface area (Å²) in [6.07, 6.45) is 1.91. The van der Waals surface area contributed by atoms with Gasteiger partial charge in [0.1, 0.15) is 28.6 Å². The molecule has 2 aromatic heterocycles. The maximum absolute atomic E-state index is 12.7. The molecule has 28 heavy (non-hydrogen) atoms. The summed E-state index contributed by atoms with van der Waals surface area (Å²) in [6.45, 7) is 6.23. The van der Waals surface area contributed by atoms with Crippen molar-refractivity contribution in [3.05, 3.63) is 56.4 Å². The summed E-state index contributed by atoms with van der Waals surface area (Å²) < 4.78 is 10.5. The predicted octanol–water partition coefficient (Wildman–Crippen LogP) is 4.25. The largest absolute Gasteiger partial charge is 0.496 e. The van der Waals surface area contributed by atoms with Gasteiger partial charge in [0.2, 0.25) is 0 Å². The van der Waals surface area contributed by atoms with E-state index in [1.54, 1.807) is 24.3 Å². The number of aryl methyl sites for hydroxylation is 1.